The summed E-state index contributed by atoms with van der Waals surface area (Å²) in [5.74, 6) is 1.46. The van der Waals surface area contributed by atoms with Crippen molar-refractivity contribution in [2.24, 2.45) is 5.73 Å². The fourth-order valence-corrected chi connectivity index (χ4v) is 1.61. The minimum atomic E-state index is -0.271. The minimum Gasteiger partial charge on any atom is -0.497 e. The molecule has 0 radical (unpaired) electrons. The highest BCUT2D eigenvalue weighted by Gasteiger charge is 2.12. The van der Waals surface area contributed by atoms with Crippen molar-refractivity contribution in [1.29, 1.82) is 0 Å². The Balaban J connectivity index is 2.88. The molecule has 1 atom stereocenters. The number of rotatable bonds is 6. The summed E-state index contributed by atoms with van der Waals surface area (Å²) in [5.41, 5.74) is 6.62. The first-order chi connectivity index (χ1) is 8.12. The molecule has 0 saturated carbocycles. The molecule has 1 aromatic rings. The van der Waals surface area contributed by atoms with Gasteiger partial charge in [0.15, 0.2) is 0 Å². The van der Waals surface area contributed by atoms with E-state index in [1.165, 1.54) is 0 Å². The summed E-state index contributed by atoms with van der Waals surface area (Å²) >= 11 is 0. The van der Waals surface area contributed by atoms with Gasteiger partial charge in [0.2, 0.25) is 0 Å². The fourth-order valence-electron chi connectivity index (χ4n) is 1.61. The van der Waals surface area contributed by atoms with Crippen molar-refractivity contribution in [3.8, 4) is 11.5 Å². The van der Waals surface area contributed by atoms with Crippen LogP contribution < -0.4 is 20.1 Å². The van der Waals surface area contributed by atoms with Gasteiger partial charge in [-0.15, -0.1) is 0 Å². The predicted octanol–water partition coefficient (Wildman–Crippen LogP) is 0.460. The maximum absolute atomic E-state index is 8.94. The number of hydrogen-bond acceptors (Lipinski definition) is 5. The first-order valence-electron chi connectivity index (χ1n) is 5.42. The average molecular weight is 240 g/mol. The summed E-state index contributed by atoms with van der Waals surface area (Å²) in [6.07, 6.45) is 0. The van der Waals surface area contributed by atoms with Crippen LogP contribution in [0.3, 0.4) is 0 Å². The number of aliphatic hydroxyl groups excluding tert-OH is 1. The molecule has 0 aliphatic carbocycles. The van der Waals surface area contributed by atoms with E-state index in [4.69, 9.17) is 20.3 Å². The molecule has 0 amide bonds. The molecule has 3 N–H and O–H groups in total. The Morgan fingerprint density at radius 1 is 1.35 bits per heavy atom. The quantitative estimate of drug-likeness (QED) is 0.756. The van der Waals surface area contributed by atoms with E-state index >= 15 is 0 Å². The molecule has 0 aliphatic rings. The molecular weight excluding hydrogens is 220 g/mol. The normalized spacial score (nSPS) is 12.1. The van der Waals surface area contributed by atoms with E-state index in [2.05, 4.69) is 0 Å². The molecule has 0 heterocycles. The Hall–Kier alpha value is -1.46. The van der Waals surface area contributed by atoms with Crippen LogP contribution in [0.4, 0.5) is 5.69 Å². The van der Waals surface area contributed by atoms with Crippen LogP contribution in [0, 0.1) is 0 Å². The van der Waals surface area contributed by atoms with Crippen molar-refractivity contribution in [3.05, 3.63) is 18.2 Å². The minimum absolute atomic E-state index is 0.0389. The second-order valence-electron chi connectivity index (χ2n) is 3.86. The van der Waals surface area contributed by atoms with Gasteiger partial charge in [0.05, 0.1) is 26.5 Å². The molecule has 1 rings (SSSR count). The third-order valence-electron chi connectivity index (χ3n) is 2.54. The highest BCUT2D eigenvalue weighted by atomic mass is 16.5. The zero-order chi connectivity index (χ0) is 12.8. The van der Waals surface area contributed by atoms with E-state index in [1.54, 1.807) is 14.2 Å². The molecule has 96 valence electrons. The Kier molecular flexibility index (Phi) is 5.06. The van der Waals surface area contributed by atoms with Crippen molar-refractivity contribution in [3.63, 3.8) is 0 Å². The van der Waals surface area contributed by atoms with E-state index in [1.807, 2.05) is 30.1 Å². The van der Waals surface area contributed by atoms with Crippen molar-refractivity contribution in [2.75, 3.05) is 39.3 Å². The molecule has 17 heavy (non-hydrogen) atoms. The number of anilines is 1. The van der Waals surface area contributed by atoms with Crippen LogP contribution >= 0.6 is 0 Å². The topological polar surface area (TPSA) is 68.0 Å². The summed E-state index contributed by atoms with van der Waals surface area (Å²) in [6.45, 7) is 0.516. The lowest BCUT2D eigenvalue weighted by molar-refractivity contribution is 0.267. The van der Waals surface area contributed by atoms with Crippen LogP contribution in [0.2, 0.25) is 0 Å². The van der Waals surface area contributed by atoms with Gasteiger partial charge in [-0.2, -0.15) is 0 Å². The lowest BCUT2D eigenvalue weighted by Crippen LogP contribution is -2.38. The van der Waals surface area contributed by atoms with Crippen molar-refractivity contribution in [1.82, 2.24) is 0 Å². The molecule has 1 unspecified atom stereocenters. The average Bonchev–Trinajstić information content (AvgIpc) is 2.37. The van der Waals surface area contributed by atoms with Crippen molar-refractivity contribution < 1.29 is 14.6 Å². The summed E-state index contributed by atoms with van der Waals surface area (Å²) in [4.78, 5) is 1.94. The number of likely N-dealkylation sites (N-methyl/N-ethyl adjacent to an activating group) is 1. The number of benzene rings is 1. The van der Waals surface area contributed by atoms with Gasteiger partial charge in [-0.25, -0.2) is 0 Å². The SMILES string of the molecule is COc1ccc(N(C)CC(N)CO)c(OC)c1. The fraction of sp³-hybridized carbons (Fsp3) is 0.500. The third kappa shape index (κ3) is 3.51. The molecule has 0 fully saturated rings. The number of ether oxygens (including phenoxy) is 2. The summed E-state index contributed by atoms with van der Waals surface area (Å²) < 4.78 is 10.4. The first kappa shape index (κ1) is 13.6. The Bertz CT molecular complexity index is 358. The van der Waals surface area contributed by atoms with Gasteiger partial charge in [0.25, 0.3) is 0 Å². The van der Waals surface area contributed by atoms with Crippen LogP contribution in [0.1, 0.15) is 0 Å². The second-order valence-corrected chi connectivity index (χ2v) is 3.86. The predicted molar refractivity (Wildman–Crippen MR) is 67.9 cm³/mol. The lowest BCUT2D eigenvalue weighted by Gasteiger charge is -2.24. The molecule has 0 spiro atoms. The number of nitrogens with two attached hydrogens (primary N) is 1. The Labute approximate surface area is 102 Å². The van der Waals surface area contributed by atoms with Crippen LogP contribution in [0.5, 0.6) is 11.5 Å². The summed E-state index contributed by atoms with van der Waals surface area (Å²) in [6, 6.07) is 5.31. The highest BCUT2D eigenvalue weighted by Crippen LogP contribution is 2.31. The zero-order valence-electron chi connectivity index (χ0n) is 10.5. The monoisotopic (exact) mass is 240 g/mol. The standard InChI is InChI=1S/C12H20N2O3/c1-14(7-9(13)8-15)11-5-4-10(16-2)6-12(11)17-3/h4-6,9,15H,7-8,13H2,1-3H3. The van der Waals surface area contributed by atoms with Gasteiger partial charge in [0.1, 0.15) is 11.5 Å². The number of nitrogens with zero attached hydrogens (tertiary/aromatic N) is 1. The maximum Gasteiger partial charge on any atom is 0.145 e. The zero-order valence-corrected chi connectivity index (χ0v) is 10.5. The molecular formula is C12H20N2O3. The first-order valence-corrected chi connectivity index (χ1v) is 5.42. The molecule has 0 aliphatic heterocycles. The summed E-state index contributed by atoms with van der Waals surface area (Å²) in [5, 5.41) is 8.94. The third-order valence-corrected chi connectivity index (χ3v) is 2.54. The molecule has 0 bridgehead atoms. The number of hydrogen-bond donors (Lipinski definition) is 2. The van der Waals surface area contributed by atoms with Crippen molar-refractivity contribution >= 4 is 5.69 Å². The molecule has 0 saturated heterocycles. The van der Waals surface area contributed by atoms with Gasteiger partial charge in [-0.1, -0.05) is 0 Å². The van der Waals surface area contributed by atoms with Crippen LogP contribution in [-0.2, 0) is 0 Å². The van der Waals surface area contributed by atoms with Gasteiger partial charge in [-0.05, 0) is 12.1 Å². The van der Waals surface area contributed by atoms with Gasteiger partial charge < -0.3 is 25.2 Å². The number of aliphatic hydroxyl groups is 1. The van der Waals surface area contributed by atoms with E-state index in [9.17, 15) is 0 Å². The Morgan fingerprint density at radius 3 is 2.59 bits per heavy atom. The van der Waals surface area contributed by atoms with E-state index in [0.717, 1.165) is 17.2 Å². The van der Waals surface area contributed by atoms with Crippen molar-refractivity contribution in [2.45, 2.75) is 6.04 Å². The van der Waals surface area contributed by atoms with Crippen LogP contribution in [0.25, 0.3) is 0 Å². The number of methoxy groups -OCH3 is 2. The van der Waals surface area contributed by atoms with Crippen LogP contribution in [-0.4, -0.2) is 45.6 Å². The van der Waals surface area contributed by atoms with E-state index < -0.39 is 0 Å². The summed E-state index contributed by atoms with van der Waals surface area (Å²) in [7, 11) is 5.12. The largest absolute Gasteiger partial charge is 0.497 e. The molecule has 5 heteroatoms. The van der Waals surface area contributed by atoms with Gasteiger partial charge in [0, 0.05) is 25.7 Å². The molecule has 5 nitrogen and oxygen atoms in total. The van der Waals surface area contributed by atoms with Gasteiger partial charge in [-0.3, -0.25) is 0 Å². The highest BCUT2D eigenvalue weighted by molar-refractivity contribution is 5.60. The maximum atomic E-state index is 8.94. The molecule has 0 aromatic heterocycles. The van der Waals surface area contributed by atoms with Gasteiger partial charge >= 0.3 is 0 Å². The second kappa shape index (κ2) is 6.32. The molecule has 1 aromatic carbocycles. The van der Waals surface area contributed by atoms with E-state index in [0.29, 0.717) is 6.54 Å². The Morgan fingerprint density at radius 2 is 2.06 bits per heavy atom. The van der Waals surface area contributed by atoms with E-state index in [-0.39, 0.29) is 12.6 Å². The van der Waals surface area contributed by atoms with Crippen LogP contribution in [0.15, 0.2) is 18.2 Å². The smallest absolute Gasteiger partial charge is 0.145 e. The lowest BCUT2D eigenvalue weighted by atomic mass is 10.2.